The summed E-state index contributed by atoms with van der Waals surface area (Å²) in [6.07, 6.45) is 0. The number of nitrogens with two attached hydrogens (primary N) is 1. The molecule has 0 amide bonds. The van der Waals surface area contributed by atoms with Crippen molar-refractivity contribution in [3.63, 3.8) is 0 Å². The van der Waals surface area contributed by atoms with Gasteiger partial charge in [-0.05, 0) is 28.9 Å². The Kier molecular flexibility index (Phi) is 3.02. The molecule has 3 aromatic rings. The lowest BCUT2D eigenvalue weighted by molar-refractivity contribution is 0.622. The zero-order valence-corrected chi connectivity index (χ0v) is 12.4. The molecule has 2 N–H and O–H groups in total. The summed E-state index contributed by atoms with van der Waals surface area (Å²) in [7, 11) is 0. The Labute approximate surface area is 121 Å². The topological polar surface area (TPSA) is 56.7 Å². The predicted molar refractivity (Wildman–Crippen MR) is 77.8 cm³/mol. The fourth-order valence-electron chi connectivity index (χ4n) is 1.95. The molecule has 98 valence electrons. The van der Waals surface area contributed by atoms with E-state index < -0.39 is 0 Å². The number of rotatable bonds is 2. The van der Waals surface area contributed by atoms with Gasteiger partial charge >= 0.3 is 0 Å². The van der Waals surface area contributed by atoms with Crippen molar-refractivity contribution in [2.75, 3.05) is 5.73 Å². The molecule has 19 heavy (non-hydrogen) atoms. The van der Waals surface area contributed by atoms with E-state index in [4.69, 9.17) is 5.73 Å². The van der Waals surface area contributed by atoms with Gasteiger partial charge in [0.05, 0.1) is 32.8 Å². The van der Waals surface area contributed by atoms with Gasteiger partial charge in [-0.3, -0.25) is 0 Å². The van der Waals surface area contributed by atoms with Crippen LogP contribution < -0.4 is 5.73 Å². The van der Waals surface area contributed by atoms with Crippen molar-refractivity contribution in [3.05, 3.63) is 38.5 Å². The first-order chi connectivity index (χ1) is 9.04. The number of imidazole rings is 1. The molecule has 0 spiro atoms. The molecule has 0 atom stereocenters. The van der Waals surface area contributed by atoms with Crippen molar-refractivity contribution in [1.82, 2.24) is 14.5 Å². The van der Waals surface area contributed by atoms with E-state index in [2.05, 4.69) is 25.9 Å². The molecular weight excluding hydrogens is 331 g/mol. The standard InChI is InChI=1S/C12H10BrFN4S/c1-6-16-7(5-19-6)4-18-11-3-9(14)8(13)2-10(11)17-12(18)15/h2-3,5H,4H2,1H3,(H2,15,17). The van der Waals surface area contributed by atoms with Gasteiger partial charge in [0.25, 0.3) is 0 Å². The summed E-state index contributed by atoms with van der Waals surface area (Å²) in [4.78, 5) is 8.62. The van der Waals surface area contributed by atoms with Crippen LogP contribution >= 0.6 is 27.3 Å². The number of nitrogen functional groups attached to an aromatic ring is 1. The number of hydrogen-bond donors (Lipinski definition) is 1. The Bertz CT molecular complexity index is 765. The van der Waals surface area contributed by atoms with Gasteiger partial charge in [0.1, 0.15) is 5.82 Å². The molecule has 0 unspecified atom stereocenters. The summed E-state index contributed by atoms with van der Waals surface area (Å²) in [5, 5.41) is 2.96. The maximum absolute atomic E-state index is 13.6. The van der Waals surface area contributed by atoms with E-state index in [-0.39, 0.29) is 5.82 Å². The highest BCUT2D eigenvalue weighted by atomic mass is 79.9. The van der Waals surface area contributed by atoms with Crippen LogP contribution in [0.3, 0.4) is 0 Å². The van der Waals surface area contributed by atoms with Crippen LogP contribution in [0.1, 0.15) is 10.7 Å². The summed E-state index contributed by atoms with van der Waals surface area (Å²) in [6.45, 7) is 2.44. The minimum absolute atomic E-state index is 0.330. The third kappa shape index (κ3) is 2.23. The van der Waals surface area contributed by atoms with E-state index >= 15 is 0 Å². The molecule has 1 aromatic carbocycles. The number of anilines is 1. The maximum Gasteiger partial charge on any atom is 0.201 e. The van der Waals surface area contributed by atoms with Crippen LogP contribution in [-0.4, -0.2) is 14.5 Å². The highest BCUT2D eigenvalue weighted by Gasteiger charge is 2.12. The lowest BCUT2D eigenvalue weighted by Crippen LogP contribution is -2.05. The zero-order chi connectivity index (χ0) is 13.6. The monoisotopic (exact) mass is 340 g/mol. The quantitative estimate of drug-likeness (QED) is 0.778. The Hall–Kier alpha value is -1.47. The van der Waals surface area contributed by atoms with Crippen LogP contribution in [-0.2, 0) is 6.54 Å². The fourth-order valence-corrected chi connectivity index (χ4v) is 2.88. The minimum atomic E-state index is -0.330. The van der Waals surface area contributed by atoms with Crippen molar-refractivity contribution in [1.29, 1.82) is 0 Å². The molecular formula is C12H10BrFN4S. The molecule has 0 aliphatic rings. The number of benzene rings is 1. The molecule has 7 heteroatoms. The number of aromatic nitrogens is 3. The number of fused-ring (bicyclic) bond motifs is 1. The third-order valence-electron chi connectivity index (χ3n) is 2.81. The van der Waals surface area contributed by atoms with E-state index in [0.29, 0.717) is 28.0 Å². The molecule has 2 aromatic heterocycles. The average molecular weight is 341 g/mol. The summed E-state index contributed by atoms with van der Waals surface area (Å²) in [5.74, 6) is 0.0289. The Balaban J connectivity index is 2.12. The minimum Gasteiger partial charge on any atom is -0.369 e. The Morgan fingerprint density at radius 3 is 2.89 bits per heavy atom. The van der Waals surface area contributed by atoms with Crippen LogP contribution in [0.25, 0.3) is 11.0 Å². The smallest absolute Gasteiger partial charge is 0.201 e. The lowest BCUT2D eigenvalue weighted by atomic mass is 10.3. The second-order valence-electron chi connectivity index (χ2n) is 4.17. The van der Waals surface area contributed by atoms with E-state index in [1.807, 2.05) is 12.3 Å². The maximum atomic E-state index is 13.6. The molecule has 0 fully saturated rings. The van der Waals surface area contributed by atoms with Gasteiger partial charge in [0.15, 0.2) is 0 Å². The van der Waals surface area contributed by atoms with Crippen LogP contribution in [0, 0.1) is 12.7 Å². The molecule has 4 nitrogen and oxygen atoms in total. The highest BCUT2D eigenvalue weighted by molar-refractivity contribution is 9.10. The number of nitrogens with zero attached hydrogens (tertiary/aromatic N) is 3. The first kappa shape index (κ1) is 12.6. The van der Waals surface area contributed by atoms with Crippen molar-refractivity contribution < 1.29 is 4.39 Å². The normalized spacial score (nSPS) is 11.3. The molecule has 0 bridgehead atoms. The van der Waals surface area contributed by atoms with Gasteiger partial charge < -0.3 is 10.3 Å². The average Bonchev–Trinajstić information content (AvgIpc) is 2.87. The van der Waals surface area contributed by atoms with Crippen LogP contribution in [0.5, 0.6) is 0 Å². The zero-order valence-electron chi connectivity index (χ0n) is 10.0. The van der Waals surface area contributed by atoms with E-state index in [0.717, 1.165) is 10.7 Å². The van der Waals surface area contributed by atoms with Gasteiger partial charge in [0.2, 0.25) is 5.95 Å². The molecule has 3 rings (SSSR count). The third-order valence-corrected chi connectivity index (χ3v) is 4.24. The largest absolute Gasteiger partial charge is 0.369 e. The molecule has 0 saturated carbocycles. The van der Waals surface area contributed by atoms with Crippen LogP contribution in [0.4, 0.5) is 10.3 Å². The second kappa shape index (κ2) is 4.57. The number of hydrogen-bond acceptors (Lipinski definition) is 4. The van der Waals surface area contributed by atoms with Crippen molar-refractivity contribution in [2.24, 2.45) is 0 Å². The van der Waals surface area contributed by atoms with E-state index in [1.165, 1.54) is 6.07 Å². The van der Waals surface area contributed by atoms with Gasteiger partial charge in [-0.2, -0.15) is 0 Å². The first-order valence-electron chi connectivity index (χ1n) is 5.56. The SMILES string of the molecule is Cc1nc(Cn2c(N)nc3cc(Br)c(F)cc32)cs1. The van der Waals surface area contributed by atoms with Gasteiger partial charge in [0, 0.05) is 11.4 Å². The fraction of sp³-hybridized carbons (Fsp3) is 0.167. The summed E-state index contributed by atoms with van der Waals surface area (Å²) in [5.41, 5.74) is 8.13. The van der Waals surface area contributed by atoms with E-state index in [9.17, 15) is 4.39 Å². The van der Waals surface area contributed by atoms with Crippen LogP contribution in [0.15, 0.2) is 22.0 Å². The van der Waals surface area contributed by atoms with Gasteiger partial charge in [-0.15, -0.1) is 11.3 Å². The first-order valence-corrected chi connectivity index (χ1v) is 7.23. The summed E-state index contributed by atoms with van der Waals surface area (Å²) in [6, 6.07) is 3.06. The van der Waals surface area contributed by atoms with E-state index in [1.54, 1.807) is 22.0 Å². The number of aryl methyl sites for hydroxylation is 1. The van der Waals surface area contributed by atoms with Crippen molar-refractivity contribution >= 4 is 44.2 Å². The molecule has 0 saturated heterocycles. The van der Waals surface area contributed by atoms with Gasteiger partial charge in [-0.1, -0.05) is 0 Å². The predicted octanol–water partition coefficient (Wildman–Crippen LogP) is 3.33. The molecule has 0 aliphatic heterocycles. The Morgan fingerprint density at radius 2 is 2.21 bits per heavy atom. The van der Waals surface area contributed by atoms with Crippen molar-refractivity contribution in [3.8, 4) is 0 Å². The molecule has 0 radical (unpaired) electrons. The molecule has 0 aliphatic carbocycles. The summed E-state index contributed by atoms with van der Waals surface area (Å²) >= 11 is 4.72. The Morgan fingerprint density at radius 1 is 1.42 bits per heavy atom. The van der Waals surface area contributed by atoms with Gasteiger partial charge in [-0.25, -0.2) is 14.4 Å². The summed E-state index contributed by atoms with van der Waals surface area (Å²) < 4.78 is 15.8. The lowest BCUT2D eigenvalue weighted by Gasteiger charge is -2.04. The number of thiazole rings is 1. The molecule has 2 heterocycles. The number of halogens is 2. The van der Waals surface area contributed by atoms with Crippen molar-refractivity contribution in [2.45, 2.75) is 13.5 Å². The second-order valence-corrected chi connectivity index (χ2v) is 6.09. The highest BCUT2D eigenvalue weighted by Crippen LogP contribution is 2.25. The van der Waals surface area contributed by atoms with Crippen LogP contribution in [0.2, 0.25) is 0 Å².